The van der Waals surface area contributed by atoms with Crippen molar-refractivity contribution in [2.45, 2.75) is 25.8 Å². The topological polar surface area (TPSA) is 88.4 Å². The summed E-state index contributed by atoms with van der Waals surface area (Å²) in [5, 5.41) is 13.8. The molecule has 1 aliphatic heterocycles. The highest BCUT2D eigenvalue weighted by molar-refractivity contribution is 6.07. The number of carbonyl (C=O) groups is 2. The maximum atomic E-state index is 12.5. The van der Waals surface area contributed by atoms with Crippen LogP contribution < -0.4 is 10.6 Å². The second-order valence-electron chi connectivity index (χ2n) is 6.57. The van der Waals surface area contributed by atoms with Gasteiger partial charge in [0.1, 0.15) is 0 Å². The molecule has 2 amide bonds. The van der Waals surface area contributed by atoms with Crippen LogP contribution in [-0.2, 0) is 16.8 Å². The summed E-state index contributed by atoms with van der Waals surface area (Å²) < 4.78 is 1.83. The summed E-state index contributed by atoms with van der Waals surface area (Å²) in [4.78, 5) is 24.5. The van der Waals surface area contributed by atoms with Gasteiger partial charge in [-0.2, -0.15) is 0 Å². The zero-order valence-electron chi connectivity index (χ0n) is 13.9. The zero-order chi connectivity index (χ0) is 17.6. The molecule has 126 valence electrons. The van der Waals surface area contributed by atoms with Crippen LogP contribution in [0.4, 0.5) is 5.69 Å². The van der Waals surface area contributed by atoms with Crippen molar-refractivity contribution in [3.8, 4) is 0 Å². The molecule has 0 atom stereocenters. The number of benzene rings is 1. The van der Waals surface area contributed by atoms with Gasteiger partial charge in [-0.25, -0.2) is 0 Å². The average molecular weight is 335 g/mol. The van der Waals surface area contributed by atoms with E-state index in [-0.39, 0.29) is 18.4 Å². The van der Waals surface area contributed by atoms with Gasteiger partial charge in [-0.3, -0.25) is 14.0 Å². The maximum Gasteiger partial charge on any atom is 0.251 e. The number of fused-ring (bicyclic) bond motifs is 2. The van der Waals surface area contributed by atoms with Crippen LogP contribution in [-0.4, -0.2) is 26.4 Å². The number of carbonyl (C=O) groups excluding carboxylic acids is 2. The van der Waals surface area contributed by atoms with E-state index in [0.717, 1.165) is 16.9 Å². The molecule has 2 aromatic heterocycles. The van der Waals surface area contributed by atoms with Gasteiger partial charge in [0, 0.05) is 17.4 Å². The third-order valence-corrected chi connectivity index (χ3v) is 4.56. The SMILES string of the molecule is CC1(C)C(=O)Nc2ccc(C(=O)NCc3nnc4ccccn34)cc21. The number of pyridine rings is 1. The highest BCUT2D eigenvalue weighted by Gasteiger charge is 2.38. The molecule has 1 aromatic carbocycles. The van der Waals surface area contributed by atoms with Crippen LogP contribution in [0.25, 0.3) is 5.65 Å². The van der Waals surface area contributed by atoms with E-state index in [9.17, 15) is 9.59 Å². The highest BCUT2D eigenvalue weighted by Crippen LogP contribution is 2.37. The minimum absolute atomic E-state index is 0.0602. The Morgan fingerprint density at radius 1 is 1.24 bits per heavy atom. The molecule has 7 nitrogen and oxygen atoms in total. The molecule has 25 heavy (non-hydrogen) atoms. The number of rotatable bonds is 3. The van der Waals surface area contributed by atoms with Crippen molar-refractivity contribution in [1.29, 1.82) is 0 Å². The Morgan fingerprint density at radius 3 is 2.92 bits per heavy atom. The molecule has 7 heteroatoms. The molecule has 0 radical (unpaired) electrons. The minimum atomic E-state index is -0.644. The number of nitrogens with one attached hydrogen (secondary N) is 2. The first-order valence-corrected chi connectivity index (χ1v) is 7.99. The fraction of sp³-hybridized carbons (Fsp3) is 0.222. The van der Waals surface area contributed by atoms with Crippen molar-refractivity contribution in [2.75, 3.05) is 5.32 Å². The summed E-state index contributed by atoms with van der Waals surface area (Å²) in [6.45, 7) is 3.96. The molecule has 2 N–H and O–H groups in total. The number of anilines is 1. The smallest absolute Gasteiger partial charge is 0.251 e. The fourth-order valence-corrected chi connectivity index (χ4v) is 2.99. The predicted octanol–water partition coefficient (Wildman–Crippen LogP) is 1.89. The minimum Gasteiger partial charge on any atom is -0.345 e. The van der Waals surface area contributed by atoms with Crippen molar-refractivity contribution in [3.05, 3.63) is 59.5 Å². The van der Waals surface area contributed by atoms with Gasteiger partial charge < -0.3 is 10.6 Å². The summed E-state index contributed by atoms with van der Waals surface area (Å²) in [7, 11) is 0. The normalized spacial score (nSPS) is 15.0. The standard InChI is InChI=1S/C18H17N5O2/c1-18(2)12-9-11(6-7-13(12)20-17(18)25)16(24)19-10-15-22-21-14-5-3-4-8-23(14)15/h3-9H,10H2,1-2H3,(H,19,24)(H,20,25). The number of nitrogens with zero attached hydrogens (tertiary/aromatic N) is 3. The number of amides is 2. The first-order chi connectivity index (χ1) is 12.0. The van der Waals surface area contributed by atoms with Crippen LogP contribution in [0, 0.1) is 0 Å². The fourth-order valence-electron chi connectivity index (χ4n) is 2.99. The Morgan fingerprint density at radius 2 is 2.08 bits per heavy atom. The van der Waals surface area contributed by atoms with Crippen LogP contribution in [0.5, 0.6) is 0 Å². The van der Waals surface area contributed by atoms with Gasteiger partial charge in [0.2, 0.25) is 5.91 Å². The summed E-state index contributed by atoms with van der Waals surface area (Å²) in [6, 6.07) is 10.9. The first kappa shape index (κ1) is 15.3. The van der Waals surface area contributed by atoms with Gasteiger partial charge >= 0.3 is 0 Å². The molecule has 0 unspecified atom stereocenters. The van der Waals surface area contributed by atoms with Gasteiger partial charge in [-0.05, 0) is 49.7 Å². The van der Waals surface area contributed by atoms with Crippen molar-refractivity contribution in [3.63, 3.8) is 0 Å². The monoisotopic (exact) mass is 335 g/mol. The first-order valence-electron chi connectivity index (χ1n) is 7.99. The molecule has 1 aliphatic rings. The molecule has 0 aliphatic carbocycles. The lowest BCUT2D eigenvalue weighted by Crippen LogP contribution is -2.27. The number of hydrogen-bond acceptors (Lipinski definition) is 4. The second-order valence-corrected chi connectivity index (χ2v) is 6.57. The van der Waals surface area contributed by atoms with Gasteiger partial charge in [0.15, 0.2) is 11.5 Å². The lowest BCUT2D eigenvalue weighted by atomic mass is 9.85. The maximum absolute atomic E-state index is 12.5. The molecular weight excluding hydrogens is 318 g/mol. The largest absolute Gasteiger partial charge is 0.345 e. The number of hydrogen-bond donors (Lipinski definition) is 2. The van der Waals surface area contributed by atoms with E-state index < -0.39 is 5.41 Å². The highest BCUT2D eigenvalue weighted by atomic mass is 16.2. The Hall–Kier alpha value is -3.22. The average Bonchev–Trinajstić information content (AvgIpc) is 3.12. The van der Waals surface area contributed by atoms with Crippen LogP contribution in [0.3, 0.4) is 0 Å². The van der Waals surface area contributed by atoms with Crippen molar-refractivity contribution >= 4 is 23.1 Å². The molecule has 0 saturated heterocycles. The van der Waals surface area contributed by atoms with E-state index in [4.69, 9.17) is 0 Å². The van der Waals surface area contributed by atoms with Gasteiger partial charge in [-0.15, -0.1) is 10.2 Å². The second kappa shape index (κ2) is 5.41. The van der Waals surface area contributed by atoms with Crippen molar-refractivity contribution in [1.82, 2.24) is 19.9 Å². The van der Waals surface area contributed by atoms with E-state index in [0.29, 0.717) is 11.4 Å². The Kier molecular flexibility index (Phi) is 3.31. The predicted molar refractivity (Wildman–Crippen MR) is 92.3 cm³/mol. The Labute approximate surface area is 144 Å². The van der Waals surface area contributed by atoms with Crippen LogP contribution in [0.2, 0.25) is 0 Å². The van der Waals surface area contributed by atoms with Crippen LogP contribution in [0.15, 0.2) is 42.6 Å². The molecule has 3 heterocycles. The summed E-state index contributed by atoms with van der Waals surface area (Å²) in [5.41, 5.74) is 2.19. The van der Waals surface area contributed by atoms with E-state index in [1.807, 2.05) is 42.6 Å². The van der Waals surface area contributed by atoms with Crippen LogP contribution in [0.1, 0.15) is 35.6 Å². The number of aromatic nitrogens is 3. The van der Waals surface area contributed by atoms with Gasteiger partial charge in [0.25, 0.3) is 5.91 Å². The summed E-state index contributed by atoms with van der Waals surface area (Å²) in [6.07, 6.45) is 1.85. The molecule has 0 fully saturated rings. The van der Waals surface area contributed by atoms with E-state index in [1.54, 1.807) is 18.2 Å². The third kappa shape index (κ3) is 2.44. The Bertz CT molecular complexity index is 1010. The van der Waals surface area contributed by atoms with E-state index in [2.05, 4.69) is 20.8 Å². The molecule has 0 bridgehead atoms. The van der Waals surface area contributed by atoms with Gasteiger partial charge in [-0.1, -0.05) is 6.07 Å². The van der Waals surface area contributed by atoms with E-state index >= 15 is 0 Å². The van der Waals surface area contributed by atoms with Crippen LogP contribution >= 0.6 is 0 Å². The van der Waals surface area contributed by atoms with E-state index in [1.165, 1.54) is 0 Å². The third-order valence-electron chi connectivity index (χ3n) is 4.56. The quantitative estimate of drug-likeness (QED) is 0.765. The Balaban J connectivity index is 1.55. The molecule has 3 aromatic rings. The molecule has 4 rings (SSSR count). The summed E-state index contributed by atoms with van der Waals surface area (Å²) in [5.74, 6) is 0.378. The molecular formula is C18H17N5O2. The molecule has 0 saturated carbocycles. The molecule has 0 spiro atoms. The zero-order valence-corrected chi connectivity index (χ0v) is 13.9. The van der Waals surface area contributed by atoms with Crippen molar-refractivity contribution in [2.24, 2.45) is 0 Å². The van der Waals surface area contributed by atoms with Gasteiger partial charge in [0.05, 0.1) is 12.0 Å². The lowest BCUT2D eigenvalue weighted by Gasteiger charge is -2.15. The summed E-state index contributed by atoms with van der Waals surface area (Å²) >= 11 is 0. The van der Waals surface area contributed by atoms with Crippen molar-refractivity contribution < 1.29 is 9.59 Å². The lowest BCUT2D eigenvalue weighted by molar-refractivity contribution is -0.119.